The molecular formula is C25H23ClN4O3. The second kappa shape index (κ2) is 9.75. The molecule has 168 valence electrons. The number of hydrogen-bond donors (Lipinski definition) is 2. The Labute approximate surface area is 196 Å². The number of benzene rings is 3. The standard InChI is InChI=1S/C25H23ClN4O3/c1-33-19-10-7-17(8-11-19)23-14-21(16-5-3-2-4-6-16)29-30(23)24(31)15-28-22-13-18(26)9-12-20(22)25(27)32/h2-13,23,28H,14-15H2,1H3,(H2,27,32). The maximum atomic E-state index is 13.3. The van der Waals surface area contributed by atoms with Crippen molar-refractivity contribution in [3.63, 3.8) is 0 Å². The number of carbonyl (C=O) groups is 2. The lowest BCUT2D eigenvalue weighted by atomic mass is 9.98. The summed E-state index contributed by atoms with van der Waals surface area (Å²) >= 11 is 6.06. The summed E-state index contributed by atoms with van der Waals surface area (Å²) in [5.41, 5.74) is 8.84. The molecule has 0 fully saturated rings. The van der Waals surface area contributed by atoms with Crippen molar-refractivity contribution in [1.29, 1.82) is 0 Å². The first-order valence-electron chi connectivity index (χ1n) is 10.4. The number of hydrogen-bond acceptors (Lipinski definition) is 5. The number of carbonyl (C=O) groups excluding carboxylic acids is 2. The van der Waals surface area contributed by atoms with E-state index in [1.807, 2.05) is 54.6 Å². The first-order chi connectivity index (χ1) is 16.0. The van der Waals surface area contributed by atoms with Crippen LogP contribution in [0.3, 0.4) is 0 Å². The number of amides is 2. The molecule has 1 heterocycles. The van der Waals surface area contributed by atoms with E-state index in [9.17, 15) is 9.59 Å². The number of nitrogens with two attached hydrogens (primary N) is 1. The van der Waals surface area contributed by atoms with E-state index in [2.05, 4.69) is 10.4 Å². The summed E-state index contributed by atoms with van der Waals surface area (Å²) in [4.78, 5) is 25.0. The topological polar surface area (TPSA) is 97.0 Å². The minimum absolute atomic E-state index is 0.0845. The van der Waals surface area contributed by atoms with E-state index >= 15 is 0 Å². The Morgan fingerprint density at radius 1 is 1.12 bits per heavy atom. The lowest BCUT2D eigenvalue weighted by Gasteiger charge is -2.23. The summed E-state index contributed by atoms with van der Waals surface area (Å²) < 4.78 is 5.26. The van der Waals surface area contributed by atoms with E-state index < -0.39 is 5.91 Å². The van der Waals surface area contributed by atoms with E-state index in [1.165, 1.54) is 11.1 Å². The van der Waals surface area contributed by atoms with Crippen LogP contribution in [0.1, 0.15) is 33.9 Å². The second-order valence-electron chi connectivity index (χ2n) is 7.55. The van der Waals surface area contributed by atoms with Gasteiger partial charge in [-0.3, -0.25) is 9.59 Å². The second-order valence-corrected chi connectivity index (χ2v) is 7.99. The number of primary amides is 1. The van der Waals surface area contributed by atoms with Crippen molar-refractivity contribution >= 4 is 34.8 Å². The van der Waals surface area contributed by atoms with Gasteiger partial charge in [-0.1, -0.05) is 54.1 Å². The SMILES string of the molecule is COc1ccc(C2CC(c3ccccc3)=NN2C(=O)CNc2cc(Cl)ccc2C(N)=O)cc1. The largest absolute Gasteiger partial charge is 0.497 e. The number of nitrogens with one attached hydrogen (secondary N) is 1. The first-order valence-corrected chi connectivity index (χ1v) is 10.8. The van der Waals surface area contributed by atoms with Crippen LogP contribution in [0.2, 0.25) is 5.02 Å². The zero-order chi connectivity index (χ0) is 23.4. The molecule has 1 unspecified atom stereocenters. The Morgan fingerprint density at radius 3 is 2.52 bits per heavy atom. The third-order valence-electron chi connectivity index (χ3n) is 5.45. The third kappa shape index (κ3) is 4.99. The molecule has 8 heteroatoms. The highest BCUT2D eigenvalue weighted by molar-refractivity contribution is 6.31. The van der Waals surface area contributed by atoms with Crippen LogP contribution in [0, 0.1) is 0 Å². The molecule has 0 saturated carbocycles. The van der Waals surface area contributed by atoms with Crippen LogP contribution in [-0.4, -0.2) is 36.2 Å². The molecule has 3 aromatic rings. The fourth-order valence-corrected chi connectivity index (χ4v) is 3.93. The van der Waals surface area contributed by atoms with Crippen molar-refractivity contribution in [3.8, 4) is 5.75 Å². The molecule has 4 rings (SSSR count). The molecule has 3 N–H and O–H groups in total. The van der Waals surface area contributed by atoms with Crippen LogP contribution >= 0.6 is 11.6 Å². The van der Waals surface area contributed by atoms with Crippen LogP contribution in [0.4, 0.5) is 5.69 Å². The van der Waals surface area contributed by atoms with Gasteiger partial charge in [0, 0.05) is 17.1 Å². The van der Waals surface area contributed by atoms with Crippen LogP contribution in [0.25, 0.3) is 0 Å². The highest BCUT2D eigenvalue weighted by atomic mass is 35.5. The molecule has 1 aliphatic heterocycles. The molecule has 1 aliphatic rings. The zero-order valence-corrected chi connectivity index (χ0v) is 18.8. The quantitative estimate of drug-likeness (QED) is 0.548. The van der Waals surface area contributed by atoms with Crippen LogP contribution in [0.5, 0.6) is 5.75 Å². The Morgan fingerprint density at radius 2 is 1.85 bits per heavy atom. The highest BCUT2D eigenvalue weighted by Crippen LogP contribution is 2.33. The normalized spacial score (nSPS) is 15.2. The Kier molecular flexibility index (Phi) is 6.60. The lowest BCUT2D eigenvalue weighted by Crippen LogP contribution is -2.32. The Balaban J connectivity index is 1.60. The minimum Gasteiger partial charge on any atom is -0.497 e. The van der Waals surface area contributed by atoms with Gasteiger partial charge in [0.1, 0.15) is 5.75 Å². The molecule has 33 heavy (non-hydrogen) atoms. The Bertz CT molecular complexity index is 1200. The van der Waals surface area contributed by atoms with Gasteiger partial charge in [-0.25, -0.2) is 5.01 Å². The van der Waals surface area contributed by atoms with Crippen molar-refractivity contribution in [3.05, 3.63) is 94.5 Å². The highest BCUT2D eigenvalue weighted by Gasteiger charge is 2.33. The number of hydrazone groups is 1. The van der Waals surface area contributed by atoms with Gasteiger partial charge >= 0.3 is 0 Å². The summed E-state index contributed by atoms with van der Waals surface area (Å²) in [5.74, 6) is -0.124. The van der Waals surface area contributed by atoms with Gasteiger partial charge in [0.2, 0.25) is 0 Å². The fraction of sp³-hybridized carbons (Fsp3) is 0.160. The first kappa shape index (κ1) is 22.4. The molecule has 0 saturated heterocycles. The van der Waals surface area contributed by atoms with Gasteiger partial charge in [0.05, 0.1) is 31.0 Å². The summed E-state index contributed by atoms with van der Waals surface area (Å²) in [6, 6.07) is 21.8. The maximum absolute atomic E-state index is 13.3. The van der Waals surface area contributed by atoms with Crippen molar-refractivity contribution in [2.45, 2.75) is 12.5 Å². The molecule has 0 aliphatic carbocycles. The van der Waals surface area contributed by atoms with E-state index in [1.54, 1.807) is 19.2 Å². The van der Waals surface area contributed by atoms with Gasteiger partial charge in [-0.2, -0.15) is 5.10 Å². The molecule has 2 amide bonds. The third-order valence-corrected chi connectivity index (χ3v) is 5.69. The summed E-state index contributed by atoms with van der Waals surface area (Å²) in [7, 11) is 1.61. The predicted octanol–water partition coefficient (Wildman–Crippen LogP) is 4.24. The van der Waals surface area contributed by atoms with Crippen LogP contribution < -0.4 is 15.8 Å². The monoisotopic (exact) mass is 462 g/mol. The predicted molar refractivity (Wildman–Crippen MR) is 129 cm³/mol. The molecule has 1 atom stereocenters. The molecule has 3 aromatic carbocycles. The number of methoxy groups -OCH3 is 1. The van der Waals surface area contributed by atoms with Crippen LogP contribution in [-0.2, 0) is 4.79 Å². The molecular weight excluding hydrogens is 440 g/mol. The van der Waals surface area contributed by atoms with Gasteiger partial charge in [0.25, 0.3) is 11.8 Å². The van der Waals surface area contributed by atoms with E-state index in [0.717, 1.165) is 22.6 Å². The average Bonchev–Trinajstić information content (AvgIpc) is 3.28. The summed E-state index contributed by atoms with van der Waals surface area (Å²) in [6.45, 7) is -0.0845. The number of halogens is 1. The smallest absolute Gasteiger partial charge is 0.262 e. The number of rotatable bonds is 7. The maximum Gasteiger partial charge on any atom is 0.262 e. The van der Waals surface area contributed by atoms with Crippen molar-refractivity contribution < 1.29 is 14.3 Å². The molecule has 0 spiro atoms. The number of nitrogens with zero attached hydrogens (tertiary/aromatic N) is 2. The van der Waals surface area contributed by atoms with E-state index in [4.69, 9.17) is 22.1 Å². The number of ether oxygens (including phenoxy) is 1. The molecule has 7 nitrogen and oxygen atoms in total. The van der Waals surface area contributed by atoms with E-state index in [0.29, 0.717) is 17.1 Å². The fourth-order valence-electron chi connectivity index (χ4n) is 3.76. The average molecular weight is 463 g/mol. The van der Waals surface area contributed by atoms with Gasteiger partial charge < -0.3 is 15.8 Å². The summed E-state index contributed by atoms with van der Waals surface area (Å²) in [6.07, 6.45) is 0.575. The minimum atomic E-state index is -0.608. The van der Waals surface area contributed by atoms with Crippen molar-refractivity contribution in [2.24, 2.45) is 10.8 Å². The van der Waals surface area contributed by atoms with Crippen molar-refractivity contribution in [2.75, 3.05) is 19.0 Å². The van der Waals surface area contributed by atoms with Crippen LogP contribution in [0.15, 0.2) is 77.9 Å². The summed E-state index contributed by atoms with van der Waals surface area (Å²) in [5, 5.41) is 9.57. The van der Waals surface area contributed by atoms with Gasteiger partial charge in [0.15, 0.2) is 0 Å². The number of anilines is 1. The molecule has 0 bridgehead atoms. The lowest BCUT2D eigenvalue weighted by molar-refractivity contribution is -0.131. The molecule has 0 aromatic heterocycles. The van der Waals surface area contributed by atoms with Crippen molar-refractivity contribution in [1.82, 2.24) is 5.01 Å². The molecule has 0 radical (unpaired) electrons. The van der Waals surface area contributed by atoms with Gasteiger partial charge in [-0.15, -0.1) is 0 Å². The Hall–Kier alpha value is -3.84. The van der Waals surface area contributed by atoms with E-state index in [-0.39, 0.29) is 24.1 Å². The zero-order valence-electron chi connectivity index (χ0n) is 18.0. The van der Waals surface area contributed by atoms with Gasteiger partial charge in [-0.05, 0) is 41.5 Å².